The molecular weight excluding hydrogens is 461 g/mol. The second kappa shape index (κ2) is 7.48. The first-order valence-corrected chi connectivity index (χ1v) is 12.3. The Morgan fingerprint density at radius 2 is 1.77 bits per heavy atom. The van der Waals surface area contributed by atoms with Crippen LogP contribution < -0.4 is 4.74 Å². The second-order valence-corrected chi connectivity index (χ2v) is 10.3. The van der Waals surface area contributed by atoms with Crippen LogP contribution in [0.1, 0.15) is 5.56 Å². The lowest BCUT2D eigenvalue weighted by atomic mass is 10.1. The number of aromatic nitrogens is 5. The Morgan fingerprint density at radius 1 is 1.00 bits per heavy atom. The molecular formula is C25H20BN5O3S. The molecule has 2 aromatic carbocycles. The second-order valence-electron chi connectivity index (χ2n) is 8.51. The Balaban J connectivity index is 1.77. The zero-order valence-electron chi connectivity index (χ0n) is 19.3. The van der Waals surface area contributed by atoms with E-state index < -0.39 is 10.0 Å². The summed E-state index contributed by atoms with van der Waals surface area (Å²) in [5.41, 5.74) is 3.91. The van der Waals surface area contributed by atoms with Crippen LogP contribution in [0.5, 0.6) is 5.75 Å². The van der Waals surface area contributed by atoms with Crippen LogP contribution in [-0.2, 0) is 17.1 Å². The van der Waals surface area contributed by atoms with Crippen LogP contribution in [0.4, 0.5) is 0 Å². The van der Waals surface area contributed by atoms with Crippen LogP contribution in [0.15, 0.2) is 72.0 Å². The van der Waals surface area contributed by atoms with Gasteiger partial charge in [0.15, 0.2) is 5.65 Å². The Bertz CT molecular complexity index is 1880. The van der Waals surface area contributed by atoms with Crippen molar-refractivity contribution in [3.8, 4) is 17.0 Å². The summed E-state index contributed by atoms with van der Waals surface area (Å²) in [4.78, 5) is 4.74. The molecule has 172 valence electrons. The van der Waals surface area contributed by atoms with Gasteiger partial charge in [0.25, 0.3) is 10.0 Å². The molecule has 0 bridgehead atoms. The SMILES string of the molecule is [B]n1cc(-c2cc3c4c(cnc3n2S(=O)(=O)c2ccc(C)cc2)cnn4C)c2cc(OC)ccc21. The van der Waals surface area contributed by atoms with E-state index in [0.717, 1.165) is 27.4 Å². The predicted molar refractivity (Wildman–Crippen MR) is 136 cm³/mol. The third-order valence-corrected chi connectivity index (χ3v) is 8.07. The lowest BCUT2D eigenvalue weighted by molar-refractivity contribution is 0.415. The first kappa shape index (κ1) is 21.5. The van der Waals surface area contributed by atoms with Gasteiger partial charge in [0.1, 0.15) is 5.75 Å². The highest BCUT2D eigenvalue weighted by Gasteiger charge is 2.28. The number of rotatable bonds is 4. The van der Waals surface area contributed by atoms with Crippen LogP contribution in [-0.4, -0.2) is 46.7 Å². The van der Waals surface area contributed by atoms with Gasteiger partial charge in [-0.25, -0.2) is 17.4 Å². The van der Waals surface area contributed by atoms with Crippen LogP contribution in [0, 0.1) is 6.92 Å². The summed E-state index contributed by atoms with van der Waals surface area (Å²) in [7, 11) is 5.67. The van der Waals surface area contributed by atoms with Crippen molar-refractivity contribution >= 4 is 50.8 Å². The largest absolute Gasteiger partial charge is 0.497 e. The third-order valence-electron chi connectivity index (χ3n) is 6.36. The third kappa shape index (κ3) is 3.10. The van der Waals surface area contributed by atoms with Crippen LogP contribution in [0.3, 0.4) is 0 Å². The number of methoxy groups -OCH3 is 1. The van der Waals surface area contributed by atoms with Gasteiger partial charge >= 0.3 is 0 Å². The van der Waals surface area contributed by atoms with E-state index in [2.05, 4.69) is 10.1 Å². The van der Waals surface area contributed by atoms with E-state index in [1.807, 2.05) is 38.2 Å². The maximum absolute atomic E-state index is 14.1. The first-order valence-electron chi connectivity index (χ1n) is 10.9. The summed E-state index contributed by atoms with van der Waals surface area (Å²) in [6.07, 6.45) is 5.08. The summed E-state index contributed by atoms with van der Waals surface area (Å²) in [5.74, 6) is 0.640. The minimum absolute atomic E-state index is 0.169. The van der Waals surface area contributed by atoms with Gasteiger partial charge in [-0.3, -0.25) is 4.68 Å². The van der Waals surface area contributed by atoms with Crippen LogP contribution in [0.2, 0.25) is 0 Å². The molecule has 0 fully saturated rings. The van der Waals surface area contributed by atoms with Gasteiger partial charge in [-0.2, -0.15) is 5.10 Å². The molecule has 6 aromatic rings. The number of hydrogen-bond acceptors (Lipinski definition) is 5. The lowest BCUT2D eigenvalue weighted by Gasteiger charge is -2.12. The lowest BCUT2D eigenvalue weighted by Crippen LogP contribution is -2.14. The minimum Gasteiger partial charge on any atom is -0.497 e. The fourth-order valence-corrected chi connectivity index (χ4v) is 6.07. The fraction of sp³-hybridized carbons (Fsp3) is 0.120. The van der Waals surface area contributed by atoms with E-state index in [-0.39, 0.29) is 4.90 Å². The van der Waals surface area contributed by atoms with Gasteiger partial charge in [0.05, 0.1) is 29.4 Å². The highest BCUT2D eigenvalue weighted by atomic mass is 32.2. The quantitative estimate of drug-likeness (QED) is 0.355. The van der Waals surface area contributed by atoms with Gasteiger partial charge in [0.2, 0.25) is 7.98 Å². The maximum atomic E-state index is 14.1. The molecule has 8 nitrogen and oxygen atoms in total. The molecule has 0 aliphatic rings. The van der Waals surface area contributed by atoms with E-state index in [4.69, 9.17) is 12.7 Å². The van der Waals surface area contributed by atoms with Crippen LogP contribution in [0.25, 0.3) is 44.1 Å². The molecule has 0 N–H and O–H groups in total. The van der Waals surface area contributed by atoms with Crippen molar-refractivity contribution in [2.75, 3.05) is 7.11 Å². The van der Waals surface area contributed by atoms with Crippen molar-refractivity contribution < 1.29 is 13.2 Å². The normalized spacial score (nSPS) is 12.2. The summed E-state index contributed by atoms with van der Waals surface area (Å²) in [6.45, 7) is 1.91. The van der Waals surface area contributed by atoms with E-state index in [0.29, 0.717) is 28.0 Å². The molecule has 0 aliphatic carbocycles. The fourth-order valence-electron chi connectivity index (χ4n) is 4.60. The first-order chi connectivity index (χ1) is 16.8. The van der Waals surface area contributed by atoms with Gasteiger partial charge < -0.3 is 9.21 Å². The molecule has 0 spiro atoms. The Hall–Kier alpha value is -4.05. The highest BCUT2D eigenvalue weighted by molar-refractivity contribution is 7.90. The Morgan fingerprint density at radius 3 is 2.51 bits per heavy atom. The average molecular weight is 481 g/mol. The number of fused-ring (bicyclic) bond motifs is 4. The molecule has 4 aromatic heterocycles. The number of benzene rings is 2. The van der Waals surface area contributed by atoms with Gasteiger partial charge in [-0.15, -0.1) is 0 Å². The zero-order chi connectivity index (χ0) is 24.5. The number of aryl methyl sites for hydroxylation is 2. The molecule has 2 radical (unpaired) electrons. The zero-order valence-corrected chi connectivity index (χ0v) is 20.1. The van der Waals surface area contributed by atoms with Crippen molar-refractivity contribution in [2.45, 2.75) is 11.8 Å². The molecule has 0 amide bonds. The standard InChI is InChI=1S/C25H20BN5O3S/c1-15-4-7-18(8-5-15)35(32,33)31-23(11-20-24-16(12-27-25(20)31)13-28-29(24)2)21-14-30(26)22-9-6-17(34-3)10-19(21)22/h4-14H,1-3H3. The smallest absolute Gasteiger partial charge is 0.269 e. The van der Waals surface area contributed by atoms with E-state index in [1.54, 1.807) is 54.6 Å². The number of nitrogens with zero attached hydrogens (tertiary/aromatic N) is 5. The van der Waals surface area contributed by atoms with E-state index >= 15 is 0 Å². The van der Waals surface area contributed by atoms with Crippen molar-refractivity contribution in [3.05, 3.63) is 72.7 Å². The van der Waals surface area contributed by atoms with Crippen molar-refractivity contribution in [1.82, 2.24) is 23.2 Å². The molecule has 10 heteroatoms. The highest BCUT2D eigenvalue weighted by Crippen LogP contribution is 2.39. The number of ether oxygens (including phenoxy) is 1. The molecule has 6 rings (SSSR count). The summed E-state index contributed by atoms with van der Waals surface area (Å²) in [5, 5.41) is 6.60. The van der Waals surface area contributed by atoms with Crippen molar-refractivity contribution in [2.24, 2.45) is 7.05 Å². The monoisotopic (exact) mass is 481 g/mol. The number of hydrogen-bond donors (Lipinski definition) is 0. The minimum atomic E-state index is -4.01. The topological polar surface area (TPSA) is 83.9 Å². The van der Waals surface area contributed by atoms with Crippen LogP contribution >= 0.6 is 0 Å². The molecule has 0 unspecified atom stereocenters. The number of pyridine rings is 1. The van der Waals surface area contributed by atoms with Crippen molar-refractivity contribution in [1.29, 1.82) is 0 Å². The van der Waals surface area contributed by atoms with Crippen molar-refractivity contribution in [3.63, 3.8) is 0 Å². The van der Waals surface area contributed by atoms with Gasteiger partial charge in [-0.05, 0) is 43.3 Å². The van der Waals surface area contributed by atoms with Gasteiger partial charge in [0, 0.05) is 46.7 Å². The Labute approximate surface area is 202 Å². The molecule has 4 heterocycles. The Kier molecular flexibility index (Phi) is 4.59. The van der Waals surface area contributed by atoms with E-state index in [1.165, 1.54) is 8.45 Å². The summed E-state index contributed by atoms with van der Waals surface area (Å²) >= 11 is 0. The average Bonchev–Trinajstić information content (AvgIpc) is 3.52. The van der Waals surface area contributed by atoms with E-state index in [9.17, 15) is 8.42 Å². The predicted octanol–water partition coefficient (Wildman–Crippen LogP) is 4.03. The molecule has 0 saturated carbocycles. The maximum Gasteiger partial charge on any atom is 0.269 e. The van der Waals surface area contributed by atoms with Gasteiger partial charge in [-0.1, -0.05) is 17.7 Å². The molecule has 35 heavy (non-hydrogen) atoms. The molecule has 0 atom stereocenters. The molecule has 0 saturated heterocycles. The summed E-state index contributed by atoms with van der Waals surface area (Å²) in [6, 6.07) is 14.1. The molecule has 0 aliphatic heterocycles. The summed E-state index contributed by atoms with van der Waals surface area (Å²) < 4.78 is 38.1.